The van der Waals surface area contributed by atoms with E-state index >= 15 is 0 Å². The van der Waals surface area contributed by atoms with E-state index in [4.69, 9.17) is 0 Å². The topological polar surface area (TPSA) is 69.7 Å². The Morgan fingerprint density at radius 3 is 2.46 bits per heavy atom. The molecule has 0 bridgehead atoms. The maximum absolute atomic E-state index is 14.1. The van der Waals surface area contributed by atoms with Crippen molar-refractivity contribution in [1.29, 1.82) is 0 Å². The third-order valence-corrected chi connectivity index (χ3v) is 7.68. The number of amides is 3. The van der Waals surface area contributed by atoms with Crippen LogP contribution in [0.5, 0.6) is 0 Å². The van der Waals surface area contributed by atoms with Crippen LogP contribution in [0, 0.1) is 26.6 Å². The lowest BCUT2D eigenvalue weighted by Crippen LogP contribution is -2.51. The number of rotatable bonds is 4. The van der Waals surface area contributed by atoms with Gasteiger partial charge in [0.05, 0.1) is 17.1 Å². The predicted octanol–water partition coefficient (Wildman–Crippen LogP) is 4.67. The molecular formula is C27H24FN3O3S. The Kier molecular flexibility index (Phi) is 5.63. The number of thioether (sulfide) groups is 1. The first kappa shape index (κ1) is 23.1. The third kappa shape index (κ3) is 3.69. The van der Waals surface area contributed by atoms with Crippen molar-refractivity contribution in [3.63, 3.8) is 0 Å². The number of para-hydroxylation sites is 2. The molecule has 2 aliphatic rings. The number of halogens is 1. The molecule has 0 saturated carbocycles. The predicted molar refractivity (Wildman–Crippen MR) is 136 cm³/mol. The van der Waals surface area contributed by atoms with Crippen LogP contribution in [-0.2, 0) is 19.3 Å². The Hall–Kier alpha value is -3.65. The van der Waals surface area contributed by atoms with E-state index in [0.717, 1.165) is 16.7 Å². The lowest BCUT2D eigenvalue weighted by Gasteiger charge is -2.33. The number of carbonyl (C=O) groups is 3. The van der Waals surface area contributed by atoms with E-state index in [1.54, 1.807) is 11.0 Å². The van der Waals surface area contributed by atoms with Gasteiger partial charge in [0, 0.05) is 11.3 Å². The van der Waals surface area contributed by atoms with E-state index in [1.165, 1.54) is 34.9 Å². The van der Waals surface area contributed by atoms with Crippen molar-refractivity contribution in [2.45, 2.75) is 25.6 Å². The molecular weight excluding hydrogens is 465 g/mol. The molecule has 1 atom stereocenters. The summed E-state index contributed by atoms with van der Waals surface area (Å²) >= 11 is 1.27. The molecule has 8 heteroatoms. The van der Waals surface area contributed by atoms with E-state index in [2.05, 4.69) is 5.32 Å². The maximum Gasteiger partial charge on any atom is 0.269 e. The van der Waals surface area contributed by atoms with Gasteiger partial charge in [0.15, 0.2) is 0 Å². The molecule has 3 aromatic carbocycles. The van der Waals surface area contributed by atoms with Gasteiger partial charge in [0.2, 0.25) is 16.7 Å². The summed E-state index contributed by atoms with van der Waals surface area (Å²) < 4.78 is 14.1. The molecule has 3 amide bonds. The molecule has 1 fully saturated rings. The van der Waals surface area contributed by atoms with Crippen molar-refractivity contribution < 1.29 is 18.8 Å². The Morgan fingerprint density at radius 2 is 1.74 bits per heavy atom. The first-order valence-electron chi connectivity index (χ1n) is 11.2. The lowest BCUT2D eigenvalue weighted by molar-refractivity contribution is -0.124. The minimum Gasteiger partial charge on any atom is -0.322 e. The van der Waals surface area contributed by atoms with Crippen molar-refractivity contribution in [1.82, 2.24) is 0 Å². The second kappa shape index (κ2) is 8.53. The summed E-state index contributed by atoms with van der Waals surface area (Å²) in [6.07, 6.45) is 0. The average Bonchev–Trinajstić information content (AvgIpc) is 3.26. The molecule has 1 N–H and O–H groups in total. The average molecular weight is 490 g/mol. The molecule has 2 heterocycles. The van der Waals surface area contributed by atoms with E-state index in [-0.39, 0.29) is 29.8 Å². The zero-order valence-corrected chi connectivity index (χ0v) is 20.4. The smallest absolute Gasteiger partial charge is 0.269 e. The summed E-state index contributed by atoms with van der Waals surface area (Å²) in [5.74, 6) is -1.47. The van der Waals surface area contributed by atoms with Gasteiger partial charge in [-0.3, -0.25) is 24.2 Å². The van der Waals surface area contributed by atoms with Crippen LogP contribution < -0.4 is 15.1 Å². The van der Waals surface area contributed by atoms with Gasteiger partial charge in [-0.15, -0.1) is 11.8 Å². The van der Waals surface area contributed by atoms with Crippen LogP contribution in [0.4, 0.5) is 21.5 Å². The molecule has 35 heavy (non-hydrogen) atoms. The second-order valence-electron chi connectivity index (χ2n) is 8.90. The number of hydrogen-bond acceptors (Lipinski definition) is 4. The van der Waals surface area contributed by atoms with Gasteiger partial charge in [-0.1, -0.05) is 36.4 Å². The van der Waals surface area contributed by atoms with E-state index < -0.39 is 16.6 Å². The Morgan fingerprint density at radius 1 is 1.03 bits per heavy atom. The largest absolute Gasteiger partial charge is 0.322 e. The highest BCUT2D eigenvalue weighted by Crippen LogP contribution is 2.56. The summed E-state index contributed by atoms with van der Waals surface area (Å²) in [5, 5.41) is 2.56. The second-order valence-corrected chi connectivity index (χ2v) is 10.1. The SMILES string of the molecule is Cc1cc(C)cc(N2C(=O)CS[C@@]23C(=O)N(CC(=O)Nc2ccccc2F)c2c(C)cccc23)c1. The molecule has 3 aromatic rings. The third-order valence-electron chi connectivity index (χ3n) is 6.29. The molecule has 0 unspecified atom stereocenters. The Bertz CT molecular complexity index is 1370. The molecule has 1 saturated heterocycles. The van der Waals surface area contributed by atoms with Crippen LogP contribution in [0.3, 0.4) is 0 Å². The van der Waals surface area contributed by atoms with Crippen molar-refractivity contribution in [2.24, 2.45) is 0 Å². The monoisotopic (exact) mass is 489 g/mol. The fraction of sp³-hybridized carbons (Fsp3) is 0.222. The summed E-state index contributed by atoms with van der Waals surface area (Å²) in [7, 11) is 0. The van der Waals surface area contributed by atoms with Crippen LogP contribution >= 0.6 is 11.8 Å². The summed E-state index contributed by atoms with van der Waals surface area (Å²) in [4.78, 5) is 42.0. The quantitative estimate of drug-likeness (QED) is 0.578. The first-order chi connectivity index (χ1) is 16.7. The van der Waals surface area contributed by atoms with Crippen LogP contribution in [0.15, 0.2) is 60.7 Å². The Labute approximate surface area is 207 Å². The van der Waals surface area contributed by atoms with Gasteiger partial charge in [-0.25, -0.2) is 4.39 Å². The van der Waals surface area contributed by atoms with Crippen molar-refractivity contribution in [2.75, 3.05) is 27.4 Å². The molecule has 6 nitrogen and oxygen atoms in total. The highest BCUT2D eigenvalue weighted by atomic mass is 32.2. The molecule has 0 aliphatic carbocycles. The zero-order valence-electron chi connectivity index (χ0n) is 19.6. The van der Waals surface area contributed by atoms with Crippen LogP contribution in [0.2, 0.25) is 0 Å². The van der Waals surface area contributed by atoms with Crippen molar-refractivity contribution >= 4 is 46.5 Å². The van der Waals surface area contributed by atoms with Gasteiger partial charge in [-0.05, 0) is 61.7 Å². The number of benzene rings is 3. The minimum atomic E-state index is -1.31. The summed E-state index contributed by atoms with van der Waals surface area (Å²) in [6.45, 7) is 5.47. The van der Waals surface area contributed by atoms with Gasteiger partial charge in [0.25, 0.3) is 5.91 Å². The van der Waals surface area contributed by atoms with Crippen molar-refractivity contribution in [3.05, 3.63) is 88.7 Å². The van der Waals surface area contributed by atoms with Crippen molar-refractivity contribution in [3.8, 4) is 0 Å². The number of anilines is 3. The summed E-state index contributed by atoms with van der Waals surface area (Å²) in [5.41, 5.74) is 4.76. The van der Waals surface area contributed by atoms with Gasteiger partial charge in [-0.2, -0.15) is 0 Å². The van der Waals surface area contributed by atoms with Gasteiger partial charge < -0.3 is 5.32 Å². The Balaban J connectivity index is 1.58. The van der Waals surface area contributed by atoms with Crippen LogP contribution in [0.25, 0.3) is 0 Å². The number of nitrogens with zero attached hydrogens (tertiary/aromatic N) is 2. The highest BCUT2D eigenvalue weighted by Gasteiger charge is 2.61. The highest BCUT2D eigenvalue weighted by molar-refractivity contribution is 8.02. The number of hydrogen-bond donors (Lipinski definition) is 1. The molecule has 5 rings (SSSR count). The van der Waals surface area contributed by atoms with E-state index in [1.807, 2.05) is 57.2 Å². The molecule has 0 aromatic heterocycles. The zero-order chi connectivity index (χ0) is 24.9. The normalized spacial score (nSPS) is 19.0. The van der Waals surface area contributed by atoms with E-state index in [9.17, 15) is 18.8 Å². The molecule has 0 radical (unpaired) electrons. The minimum absolute atomic E-state index is 0.0474. The van der Waals surface area contributed by atoms with Gasteiger partial charge in [0.1, 0.15) is 12.4 Å². The first-order valence-corrected chi connectivity index (χ1v) is 12.2. The lowest BCUT2D eigenvalue weighted by atomic mass is 10.0. The van der Waals surface area contributed by atoms with E-state index in [0.29, 0.717) is 16.9 Å². The summed E-state index contributed by atoms with van der Waals surface area (Å²) in [6, 6.07) is 17.3. The van der Waals surface area contributed by atoms with Crippen LogP contribution in [0.1, 0.15) is 22.3 Å². The number of nitrogens with one attached hydrogen (secondary N) is 1. The van der Waals surface area contributed by atoms with Gasteiger partial charge >= 0.3 is 0 Å². The number of carbonyl (C=O) groups excluding carboxylic acids is 3. The number of aryl methyl sites for hydroxylation is 3. The number of fused-ring (bicyclic) bond motifs is 2. The fourth-order valence-electron chi connectivity index (χ4n) is 4.97. The maximum atomic E-state index is 14.1. The standard InChI is InChI=1S/C27H24FN3O3S/c1-16-11-17(2)13-19(12-16)31-24(33)15-35-27(31)20-8-6-7-18(3)25(20)30(26(27)34)14-23(32)29-22-10-5-4-9-21(22)28/h4-13H,14-15H2,1-3H3,(H,29,32)/t27-/m0/s1. The molecule has 178 valence electrons. The fourth-order valence-corrected chi connectivity index (χ4v) is 6.32. The molecule has 2 aliphatic heterocycles. The molecule has 1 spiro atoms. The van der Waals surface area contributed by atoms with Crippen LogP contribution in [-0.4, -0.2) is 30.0 Å².